The van der Waals surface area contributed by atoms with Crippen LogP contribution in [0.1, 0.15) is 29.9 Å². The van der Waals surface area contributed by atoms with Gasteiger partial charge >= 0.3 is 0 Å². The Labute approximate surface area is 105 Å². The van der Waals surface area contributed by atoms with Crippen LogP contribution >= 0.6 is 0 Å². The zero-order valence-corrected chi connectivity index (χ0v) is 10.8. The Morgan fingerprint density at radius 3 is 2.94 bits per heavy atom. The van der Waals surface area contributed by atoms with Crippen molar-refractivity contribution in [3.8, 4) is 0 Å². The zero-order chi connectivity index (χ0) is 13.3. The lowest BCUT2D eigenvalue weighted by molar-refractivity contribution is 0.0947. The number of carbonyl (C=O) groups is 1. The van der Waals surface area contributed by atoms with Crippen molar-refractivity contribution in [2.75, 3.05) is 6.54 Å². The lowest BCUT2D eigenvalue weighted by atomic mass is 10.1. The molecule has 2 aromatic rings. The summed E-state index contributed by atoms with van der Waals surface area (Å²) in [6.07, 6.45) is 3.29. The number of hydrogen-bond acceptors (Lipinski definition) is 4. The first kappa shape index (κ1) is 12.5. The summed E-state index contributed by atoms with van der Waals surface area (Å²) in [4.78, 5) is 16.3. The van der Waals surface area contributed by atoms with E-state index in [1.54, 1.807) is 10.7 Å². The summed E-state index contributed by atoms with van der Waals surface area (Å²) in [6.45, 7) is 5.98. The van der Waals surface area contributed by atoms with Crippen LogP contribution in [0.15, 0.2) is 18.5 Å². The Kier molecular flexibility index (Phi) is 3.04. The molecule has 6 nitrogen and oxygen atoms in total. The first-order valence-electron chi connectivity index (χ1n) is 5.75. The second-order valence-corrected chi connectivity index (χ2v) is 5.07. The van der Waals surface area contributed by atoms with Gasteiger partial charge in [0.1, 0.15) is 5.56 Å². The van der Waals surface area contributed by atoms with Gasteiger partial charge in [-0.2, -0.15) is 5.10 Å². The van der Waals surface area contributed by atoms with Gasteiger partial charge in [0, 0.05) is 24.0 Å². The van der Waals surface area contributed by atoms with Gasteiger partial charge in [-0.15, -0.1) is 0 Å². The van der Waals surface area contributed by atoms with Crippen LogP contribution in [-0.4, -0.2) is 32.6 Å². The number of amides is 1. The SMILES string of the molecule is Cc1ccn2ncc(C(=O)NCC(C)(C)N)c2n1. The van der Waals surface area contributed by atoms with Gasteiger partial charge in [-0.1, -0.05) is 0 Å². The number of fused-ring (bicyclic) bond motifs is 1. The molecule has 0 unspecified atom stereocenters. The Morgan fingerprint density at radius 2 is 2.28 bits per heavy atom. The fraction of sp³-hybridized carbons (Fsp3) is 0.417. The molecule has 2 aromatic heterocycles. The smallest absolute Gasteiger partial charge is 0.256 e. The minimum Gasteiger partial charge on any atom is -0.350 e. The van der Waals surface area contributed by atoms with E-state index >= 15 is 0 Å². The summed E-state index contributed by atoms with van der Waals surface area (Å²) in [5.41, 5.74) is 7.24. The maximum Gasteiger partial charge on any atom is 0.256 e. The highest BCUT2D eigenvalue weighted by Gasteiger charge is 2.17. The van der Waals surface area contributed by atoms with Crippen molar-refractivity contribution in [2.45, 2.75) is 26.3 Å². The molecule has 6 heteroatoms. The first-order valence-corrected chi connectivity index (χ1v) is 5.75. The van der Waals surface area contributed by atoms with E-state index in [1.807, 2.05) is 26.8 Å². The molecule has 0 saturated carbocycles. The molecule has 0 spiro atoms. The lowest BCUT2D eigenvalue weighted by Crippen LogP contribution is -2.45. The quantitative estimate of drug-likeness (QED) is 0.827. The molecule has 0 radical (unpaired) electrons. The van der Waals surface area contributed by atoms with Crippen molar-refractivity contribution in [3.05, 3.63) is 29.7 Å². The van der Waals surface area contributed by atoms with Crippen LogP contribution < -0.4 is 11.1 Å². The van der Waals surface area contributed by atoms with E-state index in [2.05, 4.69) is 15.4 Å². The van der Waals surface area contributed by atoms with E-state index in [-0.39, 0.29) is 5.91 Å². The number of nitrogens with one attached hydrogen (secondary N) is 1. The van der Waals surface area contributed by atoms with Crippen LogP contribution in [0.5, 0.6) is 0 Å². The molecule has 1 amide bonds. The lowest BCUT2D eigenvalue weighted by Gasteiger charge is -2.18. The Balaban J connectivity index is 2.25. The van der Waals surface area contributed by atoms with Crippen molar-refractivity contribution in [3.63, 3.8) is 0 Å². The third-order valence-corrected chi connectivity index (χ3v) is 2.46. The Bertz CT molecular complexity index is 582. The summed E-state index contributed by atoms with van der Waals surface area (Å²) in [5.74, 6) is -0.207. The van der Waals surface area contributed by atoms with Crippen LogP contribution in [0.25, 0.3) is 5.65 Å². The van der Waals surface area contributed by atoms with Crippen LogP contribution in [0.4, 0.5) is 0 Å². The predicted molar refractivity (Wildman–Crippen MR) is 68.3 cm³/mol. The molecule has 0 aromatic carbocycles. The van der Waals surface area contributed by atoms with E-state index < -0.39 is 5.54 Å². The predicted octanol–water partition coefficient (Wildman–Crippen LogP) is 0.505. The number of carbonyl (C=O) groups excluding carboxylic acids is 1. The van der Waals surface area contributed by atoms with Crippen molar-refractivity contribution >= 4 is 11.6 Å². The van der Waals surface area contributed by atoms with E-state index in [4.69, 9.17) is 5.73 Å². The fourth-order valence-electron chi connectivity index (χ4n) is 1.52. The third kappa shape index (κ3) is 2.65. The molecule has 0 aliphatic carbocycles. The summed E-state index contributed by atoms with van der Waals surface area (Å²) in [5, 5.41) is 6.87. The zero-order valence-electron chi connectivity index (χ0n) is 10.8. The molecule has 0 atom stereocenters. The Hall–Kier alpha value is -1.95. The number of aromatic nitrogens is 3. The van der Waals surface area contributed by atoms with Crippen LogP contribution in [0.2, 0.25) is 0 Å². The number of aryl methyl sites for hydroxylation is 1. The molecule has 18 heavy (non-hydrogen) atoms. The second kappa shape index (κ2) is 4.38. The monoisotopic (exact) mass is 247 g/mol. The van der Waals surface area contributed by atoms with Gasteiger partial charge in [0.15, 0.2) is 5.65 Å². The minimum atomic E-state index is -0.442. The fourth-order valence-corrected chi connectivity index (χ4v) is 1.52. The van der Waals surface area contributed by atoms with E-state index in [0.29, 0.717) is 17.8 Å². The van der Waals surface area contributed by atoms with Crippen molar-refractivity contribution < 1.29 is 4.79 Å². The van der Waals surface area contributed by atoms with E-state index in [0.717, 1.165) is 5.69 Å². The average Bonchev–Trinajstić information content (AvgIpc) is 2.67. The largest absolute Gasteiger partial charge is 0.350 e. The molecular formula is C12H17N5O. The van der Waals surface area contributed by atoms with Gasteiger partial charge in [0.2, 0.25) is 0 Å². The summed E-state index contributed by atoms with van der Waals surface area (Å²) in [6, 6.07) is 1.84. The summed E-state index contributed by atoms with van der Waals surface area (Å²) < 4.78 is 1.58. The van der Waals surface area contributed by atoms with Gasteiger partial charge < -0.3 is 11.1 Å². The van der Waals surface area contributed by atoms with Crippen molar-refractivity contribution in [1.82, 2.24) is 19.9 Å². The van der Waals surface area contributed by atoms with Gasteiger partial charge in [-0.25, -0.2) is 9.50 Å². The maximum absolute atomic E-state index is 12.0. The molecule has 3 N–H and O–H groups in total. The first-order chi connectivity index (χ1) is 8.37. The topological polar surface area (TPSA) is 85.3 Å². The number of nitrogens with zero attached hydrogens (tertiary/aromatic N) is 3. The highest BCUT2D eigenvalue weighted by Crippen LogP contribution is 2.08. The molecule has 2 heterocycles. The number of rotatable bonds is 3. The standard InChI is InChI=1S/C12H17N5O/c1-8-4-5-17-10(16-8)9(6-15-17)11(18)14-7-12(2,3)13/h4-6H,7,13H2,1-3H3,(H,14,18). The molecule has 0 saturated heterocycles. The minimum absolute atomic E-state index is 0.207. The molecule has 2 rings (SSSR count). The third-order valence-electron chi connectivity index (χ3n) is 2.46. The van der Waals surface area contributed by atoms with Crippen LogP contribution in [0, 0.1) is 6.92 Å². The number of hydrogen-bond donors (Lipinski definition) is 2. The van der Waals surface area contributed by atoms with Crippen molar-refractivity contribution in [2.24, 2.45) is 5.73 Å². The maximum atomic E-state index is 12.0. The van der Waals surface area contributed by atoms with Crippen LogP contribution in [-0.2, 0) is 0 Å². The average molecular weight is 247 g/mol. The summed E-state index contributed by atoms with van der Waals surface area (Å²) >= 11 is 0. The van der Waals surface area contributed by atoms with Gasteiger partial charge in [-0.3, -0.25) is 4.79 Å². The van der Waals surface area contributed by atoms with Gasteiger partial charge in [0.25, 0.3) is 5.91 Å². The van der Waals surface area contributed by atoms with Crippen molar-refractivity contribution in [1.29, 1.82) is 0 Å². The molecular weight excluding hydrogens is 230 g/mol. The Morgan fingerprint density at radius 1 is 1.56 bits per heavy atom. The second-order valence-electron chi connectivity index (χ2n) is 5.07. The van der Waals surface area contributed by atoms with Gasteiger partial charge in [-0.05, 0) is 26.8 Å². The summed E-state index contributed by atoms with van der Waals surface area (Å²) in [7, 11) is 0. The molecule has 0 fully saturated rings. The number of nitrogens with two attached hydrogens (primary N) is 1. The molecule has 0 aliphatic rings. The molecule has 96 valence electrons. The van der Waals surface area contributed by atoms with E-state index in [1.165, 1.54) is 6.20 Å². The van der Waals surface area contributed by atoms with E-state index in [9.17, 15) is 4.79 Å². The van der Waals surface area contributed by atoms with Gasteiger partial charge in [0.05, 0.1) is 6.20 Å². The molecule has 0 aliphatic heterocycles. The molecule has 0 bridgehead atoms. The highest BCUT2D eigenvalue weighted by molar-refractivity contribution is 5.99. The highest BCUT2D eigenvalue weighted by atomic mass is 16.1. The van der Waals surface area contributed by atoms with Crippen LogP contribution in [0.3, 0.4) is 0 Å². The normalized spacial score (nSPS) is 11.8.